The quantitative estimate of drug-likeness (QED) is 0.579. The Hall–Kier alpha value is -0.780. The Morgan fingerprint density at radius 3 is 2.36 bits per heavy atom. The first-order valence-corrected chi connectivity index (χ1v) is 5.62. The first-order chi connectivity index (χ1) is 6.52. The molecule has 14 heavy (non-hydrogen) atoms. The van der Waals surface area contributed by atoms with Crippen molar-refractivity contribution in [2.45, 2.75) is 52.4 Å². The molecular formula is C14H20. The van der Waals surface area contributed by atoms with Gasteiger partial charge in [-0.15, -0.1) is 0 Å². The smallest absolute Gasteiger partial charge is 0.00980 e. The van der Waals surface area contributed by atoms with E-state index >= 15 is 0 Å². The van der Waals surface area contributed by atoms with Crippen LogP contribution >= 0.6 is 0 Å². The van der Waals surface area contributed by atoms with Crippen LogP contribution in [0.1, 0.15) is 48.9 Å². The van der Waals surface area contributed by atoms with Crippen LogP contribution in [-0.2, 0) is 11.8 Å². The van der Waals surface area contributed by atoms with Crippen LogP contribution < -0.4 is 0 Å². The van der Waals surface area contributed by atoms with Gasteiger partial charge in [-0.2, -0.15) is 0 Å². The summed E-state index contributed by atoms with van der Waals surface area (Å²) >= 11 is 0. The molecule has 1 aromatic rings. The van der Waals surface area contributed by atoms with E-state index in [0.29, 0.717) is 5.41 Å². The minimum absolute atomic E-state index is 0.393. The molecule has 0 bridgehead atoms. The van der Waals surface area contributed by atoms with E-state index in [9.17, 15) is 0 Å². The summed E-state index contributed by atoms with van der Waals surface area (Å²) in [6.45, 7) is 9.28. The predicted molar refractivity (Wildman–Crippen MR) is 61.9 cm³/mol. The zero-order chi connectivity index (χ0) is 10.3. The van der Waals surface area contributed by atoms with Crippen molar-refractivity contribution in [3.05, 3.63) is 34.4 Å². The lowest BCUT2D eigenvalue weighted by molar-refractivity contribution is 0.428. The molecule has 0 heteroatoms. The highest BCUT2D eigenvalue weighted by molar-refractivity contribution is 5.45. The second-order valence-electron chi connectivity index (χ2n) is 5.29. The second-order valence-corrected chi connectivity index (χ2v) is 5.29. The Morgan fingerprint density at radius 1 is 1.07 bits per heavy atom. The van der Waals surface area contributed by atoms with Gasteiger partial charge in [-0.25, -0.2) is 0 Å². The van der Waals surface area contributed by atoms with Crippen LogP contribution in [0, 0.1) is 13.8 Å². The third kappa shape index (κ3) is 1.37. The van der Waals surface area contributed by atoms with Crippen LogP contribution in [0.5, 0.6) is 0 Å². The van der Waals surface area contributed by atoms with Crippen LogP contribution in [0.3, 0.4) is 0 Å². The average Bonchev–Trinajstić information content (AvgIpc) is 2.10. The molecule has 0 radical (unpaired) electrons. The number of hydrogen-bond donors (Lipinski definition) is 0. The monoisotopic (exact) mass is 188 g/mol. The normalized spacial score (nSPS) is 19.1. The van der Waals surface area contributed by atoms with Gasteiger partial charge in [-0.3, -0.25) is 0 Å². The molecule has 0 saturated carbocycles. The summed E-state index contributed by atoms with van der Waals surface area (Å²) in [6.07, 6.45) is 3.97. The number of hydrogen-bond acceptors (Lipinski definition) is 0. The summed E-state index contributed by atoms with van der Waals surface area (Å²) in [5.74, 6) is 0. The van der Waals surface area contributed by atoms with Crippen LogP contribution in [0.15, 0.2) is 12.1 Å². The fraction of sp³-hybridized carbons (Fsp3) is 0.571. The zero-order valence-corrected chi connectivity index (χ0v) is 9.78. The van der Waals surface area contributed by atoms with Gasteiger partial charge < -0.3 is 0 Å². The van der Waals surface area contributed by atoms with Gasteiger partial charge in [-0.05, 0) is 60.8 Å². The van der Waals surface area contributed by atoms with Gasteiger partial charge in [0.25, 0.3) is 0 Å². The largest absolute Gasteiger partial charge is 0.0588 e. The Balaban J connectivity index is 2.67. The van der Waals surface area contributed by atoms with Gasteiger partial charge in [-0.1, -0.05) is 26.0 Å². The summed E-state index contributed by atoms with van der Waals surface area (Å²) in [6, 6.07) is 4.55. The van der Waals surface area contributed by atoms with Gasteiger partial charge in [0.05, 0.1) is 0 Å². The van der Waals surface area contributed by atoms with Gasteiger partial charge in [0.15, 0.2) is 0 Å². The van der Waals surface area contributed by atoms with E-state index in [4.69, 9.17) is 0 Å². The molecule has 2 rings (SSSR count). The van der Waals surface area contributed by atoms with E-state index < -0.39 is 0 Å². The highest BCUT2D eigenvalue weighted by Gasteiger charge is 2.29. The van der Waals surface area contributed by atoms with E-state index in [1.807, 2.05) is 0 Å². The lowest BCUT2D eigenvalue weighted by atomic mass is 9.70. The Labute approximate surface area is 87.3 Å². The summed E-state index contributed by atoms with van der Waals surface area (Å²) in [5.41, 5.74) is 6.61. The van der Waals surface area contributed by atoms with Gasteiger partial charge >= 0.3 is 0 Å². The fourth-order valence-corrected chi connectivity index (χ4v) is 2.97. The maximum atomic E-state index is 2.39. The molecule has 0 nitrogen and oxygen atoms in total. The summed E-state index contributed by atoms with van der Waals surface area (Å²) in [5, 5.41) is 0. The van der Waals surface area contributed by atoms with Crippen molar-refractivity contribution in [3.8, 4) is 0 Å². The van der Waals surface area contributed by atoms with Crippen molar-refractivity contribution in [3.63, 3.8) is 0 Å². The molecule has 0 aliphatic heterocycles. The first-order valence-electron chi connectivity index (χ1n) is 5.62. The third-order valence-corrected chi connectivity index (χ3v) is 3.66. The van der Waals surface area contributed by atoms with Crippen molar-refractivity contribution in [2.75, 3.05) is 0 Å². The maximum absolute atomic E-state index is 2.39. The van der Waals surface area contributed by atoms with Crippen molar-refractivity contribution in [1.82, 2.24) is 0 Å². The number of benzene rings is 1. The zero-order valence-electron chi connectivity index (χ0n) is 9.78. The SMILES string of the molecule is Cc1ccc(C)c2c1CCCC2(C)C. The molecule has 0 spiro atoms. The molecule has 0 N–H and O–H groups in total. The molecule has 1 aliphatic rings. The second kappa shape index (κ2) is 3.12. The Morgan fingerprint density at radius 2 is 1.71 bits per heavy atom. The molecule has 0 aromatic heterocycles. The van der Waals surface area contributed by atoms with Crippen molar-refractivity contribution >= 4 is 0 Å². The number of fused-ring (bicyclic) bond motifs is 1. The molecular weight excluding hydrogens is 168 g/mol. The molecule has 1 aliphatic carbocycles. The van der Waals surface area contributed by atoms with Crippen LogP contribution in [-0.4, -0.2) is 0 Å². The van der Waals surface area contributed by atoms with Gasteiger partial charge in [0.2, 0.25) is 0 Å². The molecule has 0 unspecified atom stereocenters. The average molecular weight is 188 g/mol. The van der Waals surface area contributed by atoms with Crippen molar-refractivity contribution < 1.29 is 0 Å². The standard InChI is InChI=1S/C14H20/c1-10-7-8-11(2)13-12(10)6-5-9-14(13,3)4/h7-8H,5-6,9H2,1-4H3. The van der Waals surface area contributed by atoms with Crippen LogP contribution in [0.25, 0.3) is 0 Å². The third-order valence-electron chi connectivity index (χ3n) is 3.66. The Bertz CT molecular complexity index is 359. The maximum Gasteiger partial charge on any atom is -0.00980 e. The van der Waals surface area contributed by atoms with Gasteiger partial charge in [0, 0.05) is 0 Å². The predicted octanol–water partition coefficient (Wildman–Crippen LogP) is 3.92. The Kier molecular flexibility index (Phi) is 2.17. The molecule has 0 heterocycles. The van der Waals surface area contributed by atoms with E-state index in [1.165, 1.54) is 30.4 Å². The molecule has 0 saturated heterocycles. The summed E-state index contributed by atoms with van der Waals surface area (Å²) < 4.78 is 0. The lowest BCUT2D eigenvalue weighted by Gasteiger charge is -2.35. The van der Waals surface area contributed by atoms with Gasteiger partial charge in [0.1, 0.15) is 0 Å². The molecule has 76 valence electrons. The summed E-state index contributed by atoms with van der Waals surface area (Å²) in [7, 11) is 0. The van der Waals surface area contributed by atoms with Crippen LogP contribution in [0.2, 0.25) is 0 Å². The van der Waals surface area contributed by atoms with Crippen LogP contribution in [0.4, 0.5) is 0 Å². The molecule has 0 fully saturated rings. The topological polar surface area (TPSA) is 0 Å². The highest BCUT2D eigenvalue weighted by atomic mass is 14.3. The van der Waals surface area contributed by atoms with E-state index in [1.54, 1.807) is 11.1 Å². The lowest BCUT2D eigenvalue weighted by Crippen LogP contribution is -2.25. The summed E-state index contributed by atoms with van der Waals surface area (Å²) in [4.78, 5) is 0. The van der Waals surface area contributed by atoms with Crippen molar-refractivity contribution in [2.24, 2.45) is 0 Å². The van der Waals surface area contributed by atoms with E-state index in [-0.39, 0.29) is 0 Å². The molecule has 1 aromatic carbocycles. The minimum Gasteiger partial charge on any atom is -0.0588 e. The molecule has 0 amide bonds. The number of rotatable bonds is 0. The minimum atomic E-state index is 0.393. The van der Waals surface area contributed by atoms with Crippen molar-refractivity contribution in [1.29, 1.82) is 0 Å². The molecule has 0 atom stereocenters. The van der Waals surface area contributed by atoms with E-state index in [2.05, 4.69) is 39.8 Å². The highest BCUT2D eigenvalue weighted by Crippen LogP contribution is 2.39. The fourth-order valence-electron chi connectivity index (χ4n) is 2.97. The van der Waals surface area contributed by atoms with E-state index in [0.717, 1.165) is 0 Å². The number of aryl methyl sites for hydroxylation is 2. The first kappa shape index (κ1) is 9.76.